The van der Waals surface area contributed by atoms with Gasteiger partial charge in [0.1, 0.15) is 0 Å². The maximum atomic E-state index is 11.1. The molecule has 0 saturated heterocycles. The first kappa shape index (κ1) is 12.7. The van der Waals surface area contributed by atoms with Crippen LogP contribution in [0.2, 0.25) is 10.0 Å². The number of carbonyl (C=O) groups is 1. The second-order valence-electron chi connectivity index (χ2n) is 3.00. The van der Waals surface area contributed by atoms with Gasteiger partial charge in [-0.2, -0.15) is 12.6 Å². The Kier molecular flexibility index (Phi) is 5.29. The van der Waals surface area contributed by atoms with Crippen LogP contribution in [-0.4, -0.2) is 11.7 Å². The van der Waals surface area contributed by atoms with Gasteiger partial charge in [-0.1, -0.05) is 29.3 Å². The summed E-state index contributed by atoms with van der Waals surface area (Å²) in [6.45, 7) is 0.462. The predicted octanol–water partition coefficient (Wildman–Crippen LogP) is 2.93. The average Bonchev–Trinajstić information content (AvgIpc) is 2.20. The highest BCUT2D eigenvalue weighted by Crippen LogP contribution is 2.22. The highest BCUT2D eigenvalue weighted by atomic mass is 35.5. The van der Waals surface area contributed by atoms with Crippen LogP contribution in [0.3, 0.4) is 0 Å². The van der Waals surface area contributed by atoms with Crippen molar-refractivity contribution in [1.82, 2.24) is 5.32 Å². The first-order valence-corrected chi connectivity index (χ1v) is 5.84. The molecule has 1 aromatic carbocycles. The average molecular weight is 264 g/mol. The van der Waals surface area contributed by atoms with Gasteiger partial charge in [0, 0.05) is 13.0 Å². The van der Waals surface area contributed by atoms with E-state index < -0.39 is 0 Å². The molecular formula is C10H11Cl2NOS. The standard InChI is InChI=1S/C10H11Cl2NOS/c11-8-2-1-7(5-9(8)12)6-13-10(14)3-4-15/h1-2,5,15H,3-4,6H2,(H,13,14). The number of nitrogens with one attached hydrogen (secondary N) is 1. The zero-order valence-corrected chi connectivity index (χ0v) is 10.4. The minimum atomic E-state index is -0.0175. The van der Waals surface area contributed by atoms with Crippen molar-refractivity contribution in [2.75, 3.05) is 5.75 Å². The quantitative estimate of drug-likeness (QED) is 0.804. The Balaban J connectivity index is 2.51. The van der Waals surface area contributed by atoms with Crippen molar-refractivity contribution in [3.05, 3.63) is 33.8 Å². The van der Waals surface area contributed by atoms with E-state index in [-0.39, 0.29) is 5.91 Å². The second-order valence-corrected chi connectivity index (χ2v) is 4.26. The van der Waals surface area contributed by atoms with Crippen LogP contribution in [0, 0.1) is 0 Å². The van der Waals surface area contributed by atoms with Crippen molar-refractivity contribution >= 4 is 41.7 Å². The monoisotopic (exact) mass is 263 g/mol. The number of benzene rings is 1. The number of carbonyl (C=O) groups excluding carboxylic acids is 1. The van der Waals surface area contributed by atoms with Crippen LogP contribution in [0.4, 0.5) is 0 Å². The van der Waals surface area contributed by atoms with Gasteiger partial charge in [0.15, 0.2) is 0 Å². The zero-order chi connectivity index (χ0) is 11.3. The summed E-state index contributed by atoms with van der Waals surface area (Å²) in [5.74, 6) is 0.531. The summed E-state index contributed by atoms with van der Waals surface area (Å²) in [6.07, 6.45) is 0.421. The Morgan fingerprint density at radius 1 is 1.33 bits per heavy atom. The molecule has 1 aromatic rings. The molecule has 0 aliphatic heterocycles. The van der Waals surface area contributed by atoms with E-state index in [9.17, 15) is 4.79 Å². The van der Waals surface area contributed by atoms with Crippen molar-refractivity contribution in [2.45, 2.75) is 13.0 Å². The zero-order valence-electron chi connectivity index (χ0n) is 7.96. The second kappa shape index (κ2) is 6.26. The predicted molar refractivity (Wildman–Crippen MR) is 66.8 cm³/mol. The molecule has 0 saturated carbocycles. The molecule has 0 unspecified atom stereocenters. The van der Waals surface area contributed by atoms with Crippen LogP contribution >= 0.6 is 35.8 Å². The summed E-state index contributed by atoms with van der Waals surface area (Å²) in [5.41, 5.74) is 0.928. The number of halogens is 2. The highest BCUT2D eigenvalue weighted by Gasteiger charge is 2.02. The van der Waals surface area contributed by atoms with Crippen molar-refractivity contribution in [3.8, 4) is 0 Å². The van der Waals surface area contributed by atoms with E-state index >= 15 is 0 Å². The third-order valence-corrected chi connectivity index (χ3v) is 2.78. The van der Waals surface area contributed by atoms with Crippen molar-refractivity contribution in [1.29, 1.82) is 0 Å². The highest BCUT2D eigenvalue weighted by molar-refractivity contribution is 7.80. The van der Waals surface area contributed by atoms with E-state index in [2.05, 4.69) is 17.9 Å². The summed E-state index contributed by atoms with van der Waals surface area (Å²) < 4.78 is 0. The lowest BCUT2D eigenvalue weighted by Gasteiger charge is -2.05. The lowest BCUT2D eigenvalue weighted by Crippen LogP contribution is -2.22. The molecule has 1 amide bonds. The maximum absolute atomic E-state index is 11.1. The Morgan fingerprint density at radius 3 is 2.67 bits per heavy atom. The maximum Gasteiger partial charge on any atom is 0.221 e. The topological polar surface area (TPSA) is 29.1 Å². The van der Waals surface area contributed by atoms with Gasteiger partial charge in [0.25, 0.3) is 0 Å². The largest absolute Gasteiger partial charge is 0.352 e. The molecule has 82 valence electrons. The fraction of sp³-hybridized carbons (Fsp3) is 0.300. The fourth-order valence-electron chi connectivity index (χ4n) is 1.04. The molecule has 0 heterocycles. The normalized spacial score (nSPS) is 10.1. The molecule has 0 aromatic heterocycles. The number of hydrogen-bond acceptors (Lipinski definition) is 2. The van der Waals surface area contributed by atoms with Gasteiger partial charge in [-0.05, 0) is 23.4 Å². The van der Waals surface area contributed by atoms with Gasteiger partial charge < -0.3 is 5.32 Å². The summed E-state index contributed by atoms with van der Waals surface area (Å²) in [7, 11) is 0. The Hall–Kier alpha value is -0.380. The summed E-state index contributed by atoms with van der Waals surface area (Å²) >= 11 is 15.6. The van der Waals surface area contributed by atoms with E-state index in [4.69, 9.17) is 23.2 Å². The molecule has 2 nitrogen and oxygen atoms in total. The van der Waals surface area contributed by atoms with Crippen LogP contribution in [0.15, 0.2) is 18.2 Å². The van der Waals surface area contributed by atoms with Crippen molar-refractivity contribution in [2.24, 2.45) is 0 Å². The molecule has 0 aliphatic carbocycles. The number of thiol groups is 1. The van der Waals surface area contributed by atoms with E-state index in [1.807, 2.05) is 6.07 Å². The van der Waals surface area contributed by atoms with Crippen molar-refractivity contribution in [3.63, 3.8) is 0 Å². The van der Waals surface area contributed by atoms with Crippen LogP contribution in [0.1, 0.15) is 12.0 Å². The molecule has 0 atom stereocenters. The molecule has 0 bridgehead atoms. The van der Waals surface area contributed by atoms with E-state index in [0.717, 1.165) is 5.56 Å². The van der Waals surface area contributed by atoms with Gasteiger partial charge in [-0.25, -0.2) is 0 Å². The SMILES string of the molecule is O=C(CCS)NCc1ccc(Cl)c(Cl)c1. The molecule has 1 rings (SSSR count). The lowest BCUT2D eigenvalue weighted by molar-refractivity contribution is -0.120. The first-order valence-electron chi connectivity index (χ1n) is 4.45. The third-order valence-electron chi connectivity index (χ3n) is 1.81. The fourth-order valence-corrected chi connectivity index (χ4v) is 1.56. The molecule has 15 heavy (non-hydrogen) atoms. The molecule has 1 N–H and O–H groups in total. The van der Waals surface area contributed by atoms with Gasteiger partial charge in [0.2, 0.25) is 5.91 Å². The smallest absolute Gasteiger partial charge is 0.221 e. The number of amides is 1. The molecule has 0 fully saturated rings. The summed E-state index contributed by atoms with van der Waals surface area (Å²) in [6, 6.07) is 5.28. The van der Waals surface area contributed by atoms with Crippen molar-refractivity contribution < 1.29 is 4.79 Å². The Labute approximate surface area is 104 Å². The van der Waals surface area contributed by atoms with Crippen LogP contribution in [-0.2, 0) is 11.3 Å². The summed E-state index contributed by atoms with van der Waals surface area (Å²) in [5, 5.41) is 3.77. The van der Waals surface area contributed by atoms with Crippen LogP contribution in [0.25, 0.3) is 0 Å². The molecule has 0 spiro atoms. The van der Waals surface area contributed by atoms with Gasteiger partial charge >= 0.3 is 0 Å². The van der Waals surface area contributed by atoms with Crippen LogP contribution in [0.5, 0.6) is 0 Å². The van der Waals surface area contributed by atoms with E-state index in [1.54, 1.807) is 12.1 Å². The Morgan fingerprint density at radius 2 is 2.07 bits per heavy atom. The van der Waals surface area contributed by atoms with Crippen LogP contribution < -0.4 is 5.32 Å². The molecule has 5 heteroatoms. The molecular weight excluding hydrogens is 253 g/mol. The van der Waals surface area contributed by atoms with Gasteiger partial charge in [-0.3, -0.25) is 4.79 Å². The lowest BCUT2D eigenvalue weighted by atomic mass is 10.2. The molecule has 0 radical (unpaired) electrons. The minimum Gasteiger partial charge on any atom is -0.352 e. The minimum absolute atomic E-state index is 0.0175. The first-order chi connectivity index (χ1) is 7.13. The van der Waals surface area contributed by atoms with E-state index in [0.29, 0.717) is 28.8 Å². The van der Waals surface area contributed by atoms with Gasteiger partial charge in [-0.15, -0.1) is 0 Å². The van der Waals surface area contributed by atoms with Gasteiger partial charge in [0.05, 0.1) is 10.0 Å². The third kappa shape index (κ3) is 4.33. The Bertz CT molecular complexity index is 357. The molecule has 0 aliphatic rings. The number of rotatable bonds is 4. The number of hydrogen-bond donors (Lipinski definition) is 2. The summed E-state index contributed by atoms with van der Waals surface area (Å²) in [4.78, 5) is 11.1. The van der Waals surface area contributed by atoms with E-state index in [1.165, 1.54) is 0 Å².